The molecule has 25 heavy (non-hydrogen) atoms. The Hall–Kier alpha value is -1.75. The topological polar surface area (TPSA) is 109 Å². The number of aromatic amines is 1. The number of hydrogen-bond acceptors (Lipinski definition) is 5. The first kappa shape index (κ1) is 19.6. The Morgan fingerprint density at radius 3 is 2.80 bits per heavy atom. The summed E-state index contributed by atoms with van der Waals surface area (Å²) in [7, 11) is -1.90. The number of hydrogen-bond donors (Lipinski definition) is 3. The van der Waals surface area contributed by atoms with Crippen LogP contribution in [0.1, 0.15) is 12.2 Å². The van der Waals surface area contributed by atoms with E-state index in [9.17, 15) is 13.2 Å². The molecule has 0 aliphatic carbocycles. The van der Waals surface area contributed by atoms with Crippen LogP contribution in [0.5, 0.6) is 0 Å². The third-order valence-electron chi connectivity index (χ3n) is 3.39. The van der Waals surface area contributed by atoms with Gasteiger partial charge in [0.1, 0.15) is 5.82 Å². The molecule has 136 valence electrons. The van der Waals surface area contributed by atoms with Crippen LogP contribution in [0.25, 0.3) is 0 Å². The lowest BCUT2D eigenvalue weighted by Gasteiger charge is -2.08. The summed E-state index contributed by atoms with van der Waals surface area (Å²) in [6, 6.07) is 5.92. The van der Waals surface area contributed by atoms with E-state index in [4.69, 9.17) is 23.8 Å². The highest BCUT2D eigenvalue weighted by molar-refractivity contribution is 7.89. The lowest BCUT2D eigenvalue weighted by atomic mass is 10.3. The van der Waals surface area contributed by atoms with Crippen LogP contribution in [-0.4, -0.2) is 42.2 Å². The average molecular weight is 404 g/mol. The van der Waals surface area contributed by atoms with Crippen LogP contribution in [0.15, 0.2) is 29.2 Å². The zero-order valence-electron chi connectivity index (χ0n) is 13.5. The van der Waals surface area contributed by atoms with Crippen molar-refractivity contribution in [2.24, 2.45) is 7.05 Å². The largest absolute Gasteiger partial charge is 0.356 e. The molecule has 1 amide bonds. The van der Waals surface area contributed by atoms with E-state index in [-0.39, 0.29) is 23.8 Å². The molecule has 1 heterocycles. The van der Waals surface area contributed by atoms with Gasteiger partial charge in [-0.15, -0.1) is 0 Å². The van der Waals surface area contributed by atoms with Gasteiger partial charge in [0.2, 0.25) is 15.9 Å². The molecule has 0 aliphatic heterocycles. The van der Waals surface area contributed by atoms with E-state index in [1.165, 1.54) is 12.1 Å². The van der Waals surface area contributed by atoms with Gasteiger partial charge in [-0.2, -0.15) is 5.10 Å². The number of rotatable bonds is 8. The van der Waals surface area contributed by atoms with Crippen molar-refractivity contribution in [1.82, 2.24) is 24.8 Å². The van der Waals surface area contributed by atoms with Gasteiger partial charge in [0.15, 0.2) is 4.77 Å². The second kappa shape index (κ2) is 8.56. The third-order valence-corrected chi connectivity index (χ3v) is 5.45. The maximum atomic E-state index is 12.1. The Morgan fingerprint density at radius 1 is 1.40 bits per heavy atom. The van der Waals surface area contributed by atoms with E-state index in [2.05, 4.69) is 20.2 Å². The number of carbonyl (C=O) groups is 1. The van der Waals surface area contributed by atoms with Crippen molar-refractivity contribution in [2.45, 2.75) is 17.7 Å². The molecule has 0 spiro atoms. The highest BCUT2D eigenvalue weighted by Crippen LogP contribution is 2.14. The van der Waals surface area contributed by atoms with Crippen molar-refractivity contribution in [3.05, 3.63) is 39.9 Å². The number of nitrogens with zero attached hydrogens (tertiary/aromatic N) is 2. The fraction of sp³-hybridized carbons (Fsp3) is 0.357. The molecule has 8 nitrogen and oxygen atoms in total. The average Bonchev–Trinajstić information content (AvgIpc) is 2.87. The molecule has 11 heteroatoms. The number of aromatic nitrogens is 3. The van der Waals surface area contributed by atoms with Crippen LogP contribution >= 0.6 is 23.8 Å². The SMILES string of the molecule is Cn1c(CCNC(=O)CCNS(=O)(=O)c2cccc(Cl)c2)n[nH]c1=S. The molecule has 2 rings (SSSR count). The summed E-state index contributed by atoms with van der Waals surface area (Å²) in [6.45, 7) is 0.376. The van der Waals surface area contributed by atoms with Crippen molar-refractivity contribution >= 4 is 39.7 Å². The van der Waals surface area contributed by atoms with Gasteiger partial charge in [0.25, 0.3) is 0 Å². The van der Waals surface area contributed by atoms with Crippen LogP contribution in [-0.2, 0) is 28.3 Å². The van der Waals surface area contributed by atoms with Crippen molar-refractivity contribution in [1.29, 1.82) is 0 Å². The summed E-state index contributed by atoms with van der Waals surface area (Å²) in [5.74, 6) is 0.470. The molecule has 2 aromatic rings. The second-order valence-corrected chi connectivity index (χ2v) is 7.80. The van der Waals surface area contributed by atoms with E-state index >= 15 is 0 Å². The van der Waals surface area contributed by atoms with Gasteiger partial charge in [0, 0.05) is 38.0 Å². The van der Waals surface area contributed by atoms with Crippen molar-refractivity contribution in [3.8, 4) is 0 Å². The van der Waals surface area contributed by atoms with E-state index in [1.807, 2.05) is 0 Å². The number of halogens is 1. The normalized spacial score (nSPS) is 11.4. The molecule has 0 atom stereocenters. The minimum absolute atomic E-state index is 0.00678. The first-order chi connectivity index (χ1) is 11.8. The summed E-state index contributed by atoms with van der Waals surface area (Å²) < 4.78 is 28.8. The number of H-pyrrole nitrogens is 1. The summed E-state index contributed by atoms with van der Waals surface area (Å²) >= 11 is 10.8. The number of nitrogens with one attached hydrogen (secondary N) is 3. The molecule has 0 saturated carbocycles. The predicted molar refractivity (Wildman–Crippen MR) is 96.4 cm³/mol. The Bertz CT molecular complexity index is 907. The fourth-order valence-corrected chi connectivity index (χ4v) is 3.50. The lowest BCUT2D eigenvalue weighted by Crippen LogP contribution is -2.32. The zero-order valence-corrected chi connectivity index (χ0v) is 15.8. The van der Waals surface area contributed by atoms with Crippen LogP contribution < -0.4 is 10.0 Å². The molecule has 0 saturated heterocycles. The Kier molecular flexibility index (Phi) is 6.71. The van der Waals surface area contributed by atoms with Gasteiger partial charge < -0.3 is 9.88 Å². The molecule has 0 bridgehead atoms. The maximum absolute atomic E-state index is 12.1. The van der Waals surface area contributed by atoms with Crippen molar-refractivity contribution in [2.75, 3.05) is 13.1 Å². The molecular formula is C14H18ClN5O3S2. The van der Waals surface area contributed by atoms with Gasteiger partial charge >= 0.3 is 0 Å². The zero-order chi connectivity index (χ0) is 18.4. The van der Waals surface area contributed by atoms with Gasteiger partial charge in [-0.05, 0) is 30.4 Å². The van der Waals surface area contributed by atoms with Crippen molar-refractivity contribution < 1.29 is 13.2 Å². The summed E-state index contributed by atoms with van der Waals surface area (Å²) in [4.78, 5) is 11.8. The minimum atomic E-state index is -3.69. The van der Waals surface area contributed by atoms with E-state index in [0.717, 1.165) is 5.82 Å². The quantitative estimate of drug-likeness (QED) is 0.573. The number of carbonyl (C=O) groups excluding carboxylic acids is 1. The van der Waals surface area contributed by atoms with E-state index in [1.54, 1.807) is 23.7 Å². The Balaban J connectivity index is 1.75. The predicted octanol–water partition coefficient (Wildman–Crippen LogP) is 1.16. The molecule has 0 fully saturated rings. The molecular weight excluding hydrogens is 386 g/mol. The Labute approximate surface area is 155 Å². The molecule has 1 aromatic carbocycles. The van der Waals surface area contributed by atoms with E-state index < -0.39 is 10.0 Å². The minimum Gasteiger partial charge on any atom is -0.356 e. The van der Waals surface area contributed by atoms with Crippen LogP contribution in [0.2, 0.25) is 5.02 Å². The summed E-state index contributed by atoms with van der Waals surface area (Å²) in [5, 5.41) is 9.74. The molecule has 0 unspecified atom stereocenters. The maximum Gasteiger partial charge on any atom is 0.240 e. The monoisotopic (exact) mass is 403 g/mol. The number of sulfonamides is 1. The second-order valence-electron chi connectivity index (χ2n) is 5.21. The van der Waals surface area contributed by atoms with Gasteiger partial charge in [-0.25, -0.2) is 13.1 Å². The molecule has 0 radical (unpaired) electrons. The summed E-state index contributed by atoms with van der Waals surface area (Å²) in [5.41, 5.74) is 0. The first-order valence-corrected chi connectivity index (χ1v) is 9.69. The van der Waals surface area contributed by atoms with Crippen LogP contribution in [0, 0.1) is 4.77 Å². The number of amides is 1. The highest BCUT2D eigenvalue weighted by Gasteiger charge is 2.14. The highest BCUT2D eigenvalue weighted by atomic mass is 35.5. The fourth-order valence-electron chi connectivity index (χ4n) is 2.02. The summed E-state index contributed by atoms with van der Waals surface area (Å²) in [6.07, 6.45) is 0.544. The molecule has 3 N–H and O–H groups in total. The van der Waals surface area contributed by atoms with Crippen LogP contribution in [0.4, 0.5) is 0 Å². The Morgan fingerprint density at radius 2 is 2.16 bits per heavy atom. The molecule has 1 aromatic heterocycles. The standard InChI is InChI=1S/C14H18ClN5O3S2/c1-20-12(18-19-14(20)24)5-7-16-13(21)6-8-17-25(22,23)11-4-2-3-10(15)9-11/h2-4,9,17H,5-8H2,1H3,(H,16,21)(H,19,24). The van der Waals surface area contributed by atoms with E-state index in [0.29, 0.717) is 22.8 Å². The van der Waals surface area contributed by atoms with Gasteiger partial charge in [0.05, 0.1) is 4.90 Å². The first-order valence-electron chi connectivity index (χ1n) is 7.42. The van der Waals surface area contributed by atoms with Crippen molar-refractivity contribution in [3.63, 3.8) is 0 Å². The third kappa shape index (κ3) is 5.63. The molecule has 0 aliphatic rings. The van der Waals surface area contributed by atoms with Gasteiger partial charge in [-0.1, -0.05) is 17.7 Å². The smallest absolute Gasteiger partial charge is 0.240 e. The number of benzene rings is 1. The van der Waals surface area contributed by atoms with Crippen LogP contribution in [0.3, 0.4) is 0 Å². The van der Waals surface area contributed by atoms with Gasteiger partial charge in [-0.3, -0.25) is 9.89 Å². The lowest BCUT2D eigenvalue weighted by molar-refractivity contribution is -0.120.